The third-order valence-electron chi connectivity index (χ3n) is 4.72. The van der Waals surface area contributed by atoms with Crippen LogP contribution in [0.2, 0.25) is 0 Å². The van der Waals surface area contributed by atoms with E-state index in [4.69, 9.17) is 9.47 Å². The molecule has 0 saturated carbocycles. The van der Waals surface area contributed by atoms with Crippen LogP contribution in [0, 0.1) is 20.8 Å². The highest BCUT2D eigenvalue weighted by Crippen LogP contribution is 2.30. The predicted molar refractivity (Wildman–Crippen MR) is 118 cm³/mol. The van der Waals surface area contributed by atoms with Gasteiger partial charge in [0.15, 0.2) is 5.13 Å². The van der Waals surface area contributed by atoms with Crippen LogP contribution in [0.3, 0.4) is 0 Å². The van der Waals surface area contributed by atoms with Gasteiger partial charge < -0.3 is 9.47 Å². The molecule has 0 spiro atoms. The van der Waals surface area contributed by atoms with Crippen molar-refractivity contribution in [2.45, 2.75) is 34.3 Å². The molecule has 0 bridgehead atoms. The number of rotatable bonds is 6. The molecule has 0 atom stereocenters. The number of aromatic nitrogens is 1. The third kappa shape index (κ3) is 4.68. The van der Waals surface area contributed by atoms with Gasteiger partial charge >= 0.3 is 5.97 Å². The first-order chi connectivity index (χ1) is 14.3. The highest BCUT2D eigenvalue weighted by Gasteiger charge is 2.20. The summed E-state index contributed by atoms with van der Waals surface area (Å²) in [7, 11) is 1.51. The van der Waals surface area contributed by atoms with Crippen LogP contribution in [0.5, 0.6) is 5.75 Å². The zero-order chi connectivity index (χ0) is 21.8. The number of carbonyl (C=O) groups excluding carboxylic acids is 2. The van der Waals surface area contributed by atoms with Crippen LogP contribution < -0.4 is 9.64 Å². The number of nitrogens with zero attached hydrogens (tertiary/aromatic N) is 2. The van der Waals surface area contributed by atoms with Crippen LogP contribution in [0.15, 0.2) is 41.8 Å². The maximum atomic E-state index is 12.5. The lowest BCUT2D eigenvalue weighted by Crippen LogP contribution is -2.22. The first-order valence-corrected chi connectivity index (χ1v) is 10.3. The number of amides is 1. The Morgan fingerprint density at radius 2 is 1.83 bits per heavy atom. The largest absolute Gasteiger partial charge is 0.496 e. The fraction of sp³-hybridized carbons (Fsp3) is 0.261. The van der Waals surface area contributed by atoms with Crippen molar-refractivity contribution < 1.29 is 19.1 Å². The summed E-state index contributed by atoms with van der Waals surface area (Å²) in [6.07, 6.45) is 0. The second-order valence-corrected chi connectivity index (χ2v) is 7.86. The van der Waals surface area contributed by atoms with E-state index in [1.807, 2.05) is 45.0 Å². The molecular formula is C23H24N2O4S. The van der Waals surface area contributed by atoms with Crippen molar-refractivity contribution in [3.63, 3.8) is 0 Å². The molecule has 1 aromatic heterocycles. The molecule has 0 aliphatic heterocycles. The maximum absolute atomic E-state index is 12.5. The molecule has 6 nitrogen and oxygen atoms in total. The van der Waals surface area contributed by atoms with E-state index in [0.29, 0.717) is 22.1 Å². The topological polar surface area (TPSA) is 68.7 Å². The minimum absolute atomic E-state index is 0.00506. The Hall–Kier alpha value is -3.19. The van der Waals surface area contributed by atoms with Gasteiger partial charge in [-0.3, -0.25) is 9.69 Å². The van der Waals surface area contributed by atoms with E-state index in [0.717, 1.165) is 22.4 Å². The summed E-state index contributed by atoms with van der Waals surface area (Å²) >= 11 is 1.33. The molecule has 156 valence electrons. The van der Waals surface area contributed by atoms with E-state index >= 15 is 0 Å². The van der Waals surface area contributed by atoms with Crippen molar-refractivity contribution in [3.05, 3.63) is 69.7 Å². The highest BCUT2D eigenvalue weighted by molar-refractivity contribution is 7.14. The average Bonchev–Trinajstić information content (AvgIpc) is 3.17. The van der Waals surface area contributed by atoms with Gasteiger partial charge in [-0.1, -0.05) is 17.7 Å². The van der Waals surface area contributed by atoms with E-state index in [2.05, 4.69) is 4.98 Å². The van der Waals surface area contributed by atoms with Crippen LogP contribution in [-0.4, -0.2) is 24.0 Å². The molecule has 1 amide bonds. The van der Waals surface area contributed by atoms with E-state index < -0.39 is 5.97 Å². The van der Waals surface area contributed by atoms with Crippen molar-refractivity contribution >= 4 is 34.0 Å². The van der Waals surface area contributed by atoms with E-state index in [9.17, 15) is 9.59 Å². The minimum Gasteiger partial charge on any atom is -0.496 e. The molecule has 0 N–H and O–H groups in total. The quantitative estimate of drug-likeness (QED) is 0.514. The molecule has 2 aromatic carbocycles. The van der Waals surface area contributed by atoms with Crippen molar-refractivity contribution in [3.8, 4) is 5.75 Å². The first-order valence-electron chi connectivity index (χ1n) is 9.44. The number of thiazole rings is 1. The number of hydrogen-bond acceptors (Lipinski definition) is 6. The molecule has 1 heterocycles. The molecule has 3 rings (SSSR count). The molecule has 0 unspecified atom stereocenters. The minimum atomic E-state index is -0.484. The number of benzene rings is 2. The summed E-state index contributed by atoms with van der Waals surface area (Å²) in [4.78, 5) is 30.9. The Kier molecular flexibility index (Phi) is 6.52. The summed E-state index contributed by atoms with van der Waals surface area (Å²) in [6.45, 7) is 7.43. The first kappa shape index (κ1) is 21.5. The molecule has 0 fully saturated rings. The van der Waals surface area contributed by atoms with Gasteiger partial charge in [-0.05, 0) is 56.2 Å². The van der Waals surface area contributed by atoms with Gasteiger partial charge in [-0.15, -0.1) is 11.3 Å². The van der Waals surface area contributed by atoms with Gasteiger partial charge in [0.25, 0.3) is 0 Å². The average molecular weight is 425 g/mol. The lowest BCUT2D eigenvalue weighted by Gasteiger charge is -2.19. The highest BCUT2D eigenvalue weighted by atomic mass is 32.1. The second kappa shape index (κ2) is 9.09. The molecule has 7 heteroatoms. The number of esters is 1. The molecule has 3 aromatic rings. The Morgan fingerprint density at radius 1 is 1.07 bits per heavy atom. The van der Waals surface area contributed by atoms with Crippen LogP contribution >= 0.6 is 11.3 Å². The number of anilines is 2. The van der Waals surface area contributed by atoms with Gasteiger partial charge in [-0.2, -0.15) is 0 Å². The molecule has 0 radical (unpaired) electrons. The SMILES string of the molecule is COc1ccc(C)cc1C(=O)OCc1csc(N(C(C)=O)c2ccc(C)c(C)c2)n1. The number of methoxy groups -OCH3 is 1. The van der Waals surface area contributed by atoms with Crippen LogP contribution in [0.4, 0.5) is 10.8 Å². The van der Waals surface area contributed by atoms with Gasteiger partial charge in [-0.25, -0.2) is 9.78 Å². The van der Waals surface area contributed by atoms with Crippen LogP contribution in [0.1, 0.15) is 39.7 Å². The summed E-state index contributed by atoms with van der Waals surface area (Å²) in [5.41, 5.74) is 4.88. The zero-order valence-corrected chi connectivity index (χ0v) is 18.5. The Bertz CT molecular complexity index is 1090. The van der Waals surface area contributed by atoms with E-state index in [1.54, 1.807) is 22.4 Å². The third-order valence-corrected chi connectivity index (χ3v) is 5.60. The van der Waals surface area contributed by atoms with Crippen LogP contribution in [-0.2, 0) is 16.1 Å². The van der Waals surface area contributed by atoms with Gasteiger partial charge in [0.05, 0.1) is 18.5 Å². The van der Waals surface area contributed by atoms with Gasteiger partial charge in [0.1, 0.15) is 17.9 Å². The lowest BCUT2D eigenvalue weighted by molar-refractivity contribution is -0.115. The smallest absolute Gasteiger partial charge is 0.342 e. The van der Waals surface area contributed by atoms with Crippen molar-refractivity contribution in [2.75, 3.05) is 12.0 Å². The summed E-state index contributed by atoms with van der Waals surface area (Å²) in [5.74, 6) is -0.162. The zero-order valence-electron chi connectivity index (χ0n) is 17.7. The normalized spacial score (nSPS) is 10.6. The molecule has 0 aliphatic rings. The molecule has 0 saturated heterocycles. The van der Waals surface area contributed by atoms with Crippen LogP contribution in [0.25, 0.3) is 0 Å². The number of carbonyl (C=O) groups is 2. The second-order valence-electron chi connectivity index (χ2n) is 7.02. The lowest BCUT2D eigenvalue weighted by atomic mass is 10.1. The Morgan fingerprint density at radius 3 is 2.50 bits per heavy atom. The summed E-state index contributed by atoms with van der Waals surface area (Å²) in [5, 5.41) is 2.32. The van der Waals surface area contributed by atoms with Crippen molar-refractivity contribution in [2.24, 2.45) is 0 Å². The Labute approximate surface area is 180 Å². The fourth-order valence-corrected chi connectivity index (χ4v) is 3.83. The number of ether oxygens (including phenoxy) is 2. The summed E-state index contributed by atoms with van der Waals surface area (Å²) < 4.78 is 10.7. The number of aryl methyl sites for hydroxylation is 3. The Balaban J connectivity index is 1.77. The van der Waals surface area contributed by atoms with Gasteiger partial charge in [0.2, 0.25) is 5.91 Å². The fourth-order valence-electron chi connectivity index (χ4n) is 2.96. The maximum Gasteiger partial charge on any atom is 0.342 e. The molecular weight excluding hydrogens is 400 g/mol. The molecule has 30 heavy (non-hydrogen) atoms. The number of hydrogen-bond donors (Lipinski definition) is 0. The summed E-state index contributed by atoms with van der Waals surface area (Å²) in [6, 6.07) is 11.2. The van der Waals surface area contributed by atoms with Crippen molar-refractivity contribution in [1.82, 2.24) is 4.98 Å². The predicted octanol–water partition coefficient (Wildman–Crippen LogP) is 5.12. The standard InChI is InChI=1S/C23H24N2O4S/c1-14-6-9-21(28-5)20(10-14)22(27)29-12-18-13-30-23(24-18)25(17(4)26)19-8-7-15(2)16(3)11-19/h6-11,13H,12H2,1-5H3. The molecule has 0 aliphatic carbocycles. The monoisotopic (exact) mass is 424 g/mol. The van der Waals surface area contributed by atoms with Crippen molar-refractivity contribution in [1.29, 1.82) is 0 Å². The van der Waals surface area contributed by atoms with E-state index in [-0.39, 0.29) is 12.5 Å². The van der Waals surface area contributed by atoms with E-state index in [1.165, 1.54) is 25.4 Å². The van der Waals surface area contributed by atoms with Gasteiger partial charge in [0, 0.05) is 12.3 Å².